The van der Waals surface area contributed by atoms with E-state index >= 15 is 0 Å². The molecule has 0 spiro atoms. The number of nitrogens with zero attached hydrogens (tertiary/aromatic N) is 2. The number of unbranched alkanes of at least 4 members (excludes halogenated alkanes) is 5. The monoisotopic (exact) mass is 476 g/mol. The third-order valence-corrected chi connectivity index (χ3v) is 6.26. The number of esters is 1. The normalized spacial score (nSPS) is 12.8. The SMILES string of the molecule is CCCCCCc1ccc(-c2ncc(-c3ccc(OC(=O)C(C)(F)CCCCC)cc3)cn2)cc1. The summed E-state index contributed by atoms with van der Waals surface area (Å²) in [4.78, 5) is 21.3. The lowest BCUT2D eigenvalue weighted by Crippen LogP contribution is -2.34. The average molecular weight is 477 g/mol. The zero-order valence-electron chi connectivity index (χ0n) is 21.2. The molecule has 1 unspecified atom stereocenters. The molecule has 4 nitrogen and oxygen atoms in total. The van der Waals surface area contributed by atoms with Gasteiger partial charge >= 0.3 is 5.97 Å². The van der Waals surface area contributed by atoms with Crippen molar-refractivity contribution in [1.29, 1.82) is 0 Å². The number of alkyl halides is 1. The molecule has 186 valence electrons. The van der Waals surface area contributed by atoms with Gasteiger partial charge in [0, 0.05) is 23.5 Å². The second-order valence-corrected chi connectivity index (χ2v) is 9.37. The molecule has 0 radical (unpaired) electrons. The molecular weight excluding hydrogens is 439 g/mol. The molecule has 0 aliphatic rings. The smallest absolute Gasteiger partial charge is 0.348 e. The van der Waals surface area contributed by atoms with Gasteiger partial charge in [-0.05, 0) is 55.9 Å². The highest BCUT2D eigenvalue weighted by atomic mass is 19.1. The van der Waals surface area contributed by atoms with E-state index in [4.69, 9.17) is 4.74 Å². The Morgan fingerprint density at radius 2 is 1.40 bits per heavy atom. The number of hydrogen-bond donors (Lipinski definition) is 0. The highest BCUT2D eigenvalue weighted by molar-refractivity contribution is 5.81. The van der Waals surface area contributed by atoms with Crippen molar-refractivity contribution in [2.75, 3.05) is 0 Å². The number of aromatic nitrogens is 2. The standard InChI is InChI=1S/C30H37FN2O2/c1-4-6-8-9-11-23-12-14-25(15-13-23)28-32-21-26(22-33-28)24-16-18-27(19-17-24)35-29(34)30(3,31)20-10-7-5-2/h12-19,21-22H,4-11,20H2,1-3H3. The van der Waals surface area contributed by atoms with Crippen LogP contribution in [0.1, 0.15) is 77.7 Å². The third kappa shape index (κ3) is 7.98. The Morgan fingerprint density at radius 1 is 0.800 bits per heavy atom. The van der Waals surface area contributed by atoms with E-state index in [0.29, 0.717) is 18.0 Å². The van der Waals surface area contributed by atoms with E-state index in [-0.39, 0.29) is 6.42 Å². The maximum absolute atomic E-state index is 14.6. The van der Waals surface area contributed by atoms with Crippen molar-refractivity contribution >= 4 is 5.97 Å². The molecule has 2 aromatic carbocycles. The Balaban J connectivity index is 1.58. The van der Waals surface area contributed by atoms with E-state index in [2.05, 4.69) is 41.2 Å². The van der Waals surface area contributed by atoms with Crippen molar-refractivity contribution < 1.29 is 13.9 Å². The predicted octanol–water partition coefficient (Wildman–Crippen LogP) is 8.15. The number of hydrogen-bond acceptors (Lipinski definition) is 4. The van der Waals surface area contributed by atoms with Gasteiger partial charge in [-0.3, -0.25) is 0 Å². The van der Waals surface area contributed by atoms with Gasteiger partial charge < -0.3 is 4.74 Å². The van der Waals surface area contributed by atoms with Gasteiger partial charge in [-0.2, -0.15) is 0 Å². The summed E-state index contributed by atoms with van der Waals surface area (Å²) in [5.74, 6) is 0.161. The number of rotatable bonds is 13. The fraction of sp³-hybridized carbons (Fsp3) is 0.433. The molecule has 5 heteroatoms. The molecule has 35 heavy (non-hydrogen) atoms. The number of carbonyl (C=O) groups excluding carboxylic acids is 1. The summed E-state index contributed by atoms with van der Waals surface area (Å²) in [5, 5.41) is 0. The molecule has 3 rings (SSSR count). The van der Waals surface area contributed by atoms with Crippen LogP contribution in [0.5, 0.6) is 5.75 Å². The summed E-state index contributed by atoms with van der Waals surface area (Å²) in [7, 11) is 0. The van der Waals surface area contributed by atoms with E-state index in [1.54, 1.807) is 24.5 Å². The fourth-order valence-corrected chi connectivity index (χ4v) is 3.94. The van der Waals surface area contributed by atoms with Crippen LogP contribution < -0.4 is 4.74 Å². The molecule has 0 saturated heterocycles. The van der Waals surface area contributed by atoms with Gasteiger partial charge in [0.1, 0.15) is 5.75 Å². The Bertz CT molecular complexity index is 1050. The number of carbonyl (C=O) groups is 1. The summed E-state index contributed by atoms with van der Waals surface area (Å²) in [5.41, 5.74) is 2.10. The first kappa shape index (κ1) is 26.5. The van der Waals surface area contributed by atoms with Crippen molar-refractivity contribution in [2.45, 2.75) is 84.2 Å². The first-order valence-electron chi connectivity index (χ1n) is 12.9. The Labute approximate surface area is 209 Å². The van der Waals surface area contributed by atoms with Gasteiger partial charge in [0.25, 0.3) is 0 Å². The molecule has 0 saturated carbocycles. The maximum Gasteiger partial charge on any atom is 0.348 e. The molecule has 0 fully saturated rings. The minimum Gasteiger partial charge on any atom is -0.424 e. The van der Waals surface area contributed by atoms with Crippen LogP contribution >= 0.6 is 0 Å². The third-order valence-electron chi connectivity index (χ3n) is 6.26. The summed E-state index contributed by atoms with van der Waals surface area (Å²) < 4.78 is 19.9. The maximum atomic E-state index is 14.6. The summed E-state index contributed by atoms with van der Waals surface area (Å²) in [6, 6.07) is 15.4. The van der Waals surface area contributed by atoms with E-state index < -0.39 is 11.6 Å². The predicted molar refractivity (Wildman–Crippen MR) is 140 cm³/mol. The van der Waals surface area contributed by atoms with Gasteiger partial charge in [-0.1, -0.05) is 82.3 Å². The number of aryl methyl sites for hydroxylation is 1. The second-order valence-electron chi connectivity index (χ2n) is 9.37. The molecule has 1 aromatic heterocycles. The lowest BCUT2D eigenvalue weighted by molar-refractivity contribution is -0.147. The molecule has 1 atom stereocenters. The van der Waals surface area contributed by atoms with Crippen molar-refractivity contribution in [3.63, 3.8) is 0 Å². The molecular formula is C30H37FN2O2. The van der Waals surface area contributed by atoms with Crippen LogP contribution in [0.15, 0.2) is 60.9 Å². The minimum atomic E-state index is -1.98. The van der Waals surface area contributed by atoms with Crippen molar-refractivity contribution in [1.82, 2.24) is 9.97 Å². The second kappa shape index (κ2) is 13.1. The van der Waals surface area contributed by atoms with Crippen LogP contribution in [-0.2, 0) is 11.2 Å². The van der Waals surface area contributed by atoms with E-state index in [0.717, 1.165) is 36.0 Å². The van der Waals surface area contributed by atoms with Crippen molar-refractivity contribution in [3.05, 3.63) is 66.5 Å². The van der Waals surface area contributed by atoms with E-state index in [9.17, 15) is 9.18 Å². The lowest BCUT2D eigenvalue weighted by atomic mass is 10.0. The number of halogens is 1. The summed E-state index contributed by atoms with van der Waals surface area (Å²) in [6.45, 7) is 5.56. The average Bonchev–Trinajstić information content (AvgIpc) is 2.88. The zero-order valence-corrected chi connectivity index (χ0v) is 21.2. The fourth-order valence-electron chi connectivity index (χ4n) is 3.94. The zero-order chi connectivity index (χ0) is 25.1. The quantitative estimate of drug-likeness (QED) is 0.142. The highest BCUT2D eigenvalue weighted by Crippen LogP contribution is 2.26. The molecule has 0 bridgehead atoms. The van der Waals surface area contributed by atoms with Crippen LogP contribution in [0.3, 0.4) is 0 Å². The van der Waals surface area contributed by atoms with Gasteiger partial charge in [-0.15, -0.1) is 0 Å². The van der Waals surface area contributed by atoms with Gasteiger partial charge in [-0.25, -0.2) is 19.2 Å². The number of benzene rings is 2. The first-order chi connectivity index (χ1) is 16.9. The highest BCUT2D eigenvalue weighted by Gasteiger charge is 2.34. The van der Waals surface area contributed by atoms with Crippen molar-refractivity contribution in [2.24, 2.45) is 0 Å². The Morgan fingerprint density at radius 3 is 2.03 bits per heavy atom. The lowest BCUT2D eigenvalue weighted by Gasteiger charge is -2.18. The van der Waals surface area contributed by atoms with E-state index in [1.807, 2.05) is 19.1 Å². The van der Waals surface area contributed by atoms with Gasteiger partial charge in [0.2, 0.25) is 5.67 Å². The molecule has 0 aliphatic heterocycles. The Hall–Kier alpha value is -3.08. The van der Waals surface area contributed by atoms with Gasteiger partial charge in [0.15, 0.2) is 5.82 Å². The molecule has 0 N–H and O–H groups in total. The molecule has 1 heterocycles. The van der Waals surface area contributed by atoms with Gasteiger partial charge in [0.05, 0.1) is 0 Å². The molecule has 0 amide bonds. The van der Waals surface area contributed by atoms with Crippen LogP contribution in [0.4, 0.5) is 4.39 Å². The molecule has 3 aromatic rings. The van der Waals surface area contributed by atoms with Crippen LogP contribution in [0, 0.1) is 0 Å². The topological polar surface area (TPSA) is 52.1 Å². The minimum absolute atomic E-state index is 0.170. The first-order valence-corrected chi connectivity index (χ1v) is 12.9. The Kier molecular flexibility index (Phi) is 9.95. The van der Waals surface area contributed by atoms with Crippen LogP contribution in [0.2, 0.25) is 0 Å². The van der Waals surface area contributed by atoms with Crippen LogP contribution in [0.25, 0.3) is 22.5 Å². The van der Waals surface area contributed by atoms with E-state index in [1.165, 1.54) is 38.2 Å². The van der Waals surface area contributed by atoms with Crippen LogP contribution in [-0.4, -0.2) is 21.6 Å². The summed E-state index contributed by atoms with van der Waals surface area (Å²) in [6.07, 6.45) is 12.4. The summed E-state index contributed by atoms with van der Waals surface area (Å²) >= 11 is 0. The van der Waals surface area contributed by atoms with Crippen molar-refractivity contribution in [3.8, 4) is 28.3 Å². The number of ether oxygens (including phenoxy) is 1. The molecule has 0 aliphatic carbocycles. The largest absolute Gasteiger partial charge is 0.424 e.